The van der Waals surface area contributed by atoms with Gasteiger partial charge in [0, 0.05) is 83.2 Å². The summed E-state index contributed by atoms with van der Waals surface area (Å²) in [4.78, 5) is 49.2. The number of piperidine rings is 3. The third-order valence-corrected chi connectivity index (χ3v) is 13.5. The summed E-state index contributed by atoms with van der Waals surface area (Å²) in [5.41, 5.74) is 4.79. The largest absolute Gasteiger partial charge is 0.436 e. The summed E-state index contributed by atoms with van der Waals surface area (Å²) in [5.74, 6) is -0.122. The number of ether oxygens (including phenoxy) is 2. The van der Waals surface area contributed by atoms with Gasteiger partial charge >= 0.3 is 12.1 Å². The number of carbonyl (C=O) groups is 3. The smallest absolute Gasteiger partial charge is 0.410 e. The topological polar surface area (TPSA) is 112 Å². The van der Waals surface area contributed by atoms with Gasteiger partial charge in [0.1, 0.15) is 6.73 Å². The molecular weight excluding hydrogens is 699 g/mol. The van der Waals surface area contributed by atoms with E-state index in [0.29, 0.717) is 58.3 Å². The van der Waals surface area contributed by atoms with Crippen LogP contribution in [0.3, 0.4) is 0 Å². The molecule has 2 aromatic carbocycles. The molecule has 0 spiro atoms. The molecule has 54 heavy (non-hydrogen) atoms. The Bertz CT molecular complexity index is 1790. The van der Waals surface area contributed by atoms with Crippen LogP contribution in [0.4, 0.5) is 15.3 Å². The first-order chi connectivity index (χ1) is 26.0. The molecule has 4 aliphatic rings. The van der Waals surface area contributed by atoms with Crippen molar-refractivity contribution in [3.8, 4) is 0 Å². The molecule has 1 atom stereocenters. The van der Waals surface area contributed by atoms with Gasteiger partial charge in [-0.15, -0.1) is 0 Å². The van der Waals surface area contributed by atoms with E-state index in [2.05, 4.69) is 42.0 Å². The van der Waals surface area contributed by atoms with E-state index in [1.807, 2.05) is 51.9 Å². The maximum Gasteiger partial charge on any atom is 0.410 e. The molecular formula is C41H59N7O5Si. The number of hydrogen-bond donors (Lipinski definition) is 1. The first-order valence-corrected chi connectivity index (χ1v) is 23.9. The van der Waals surface area contributed by atoms with Crippen molar-refractivity contribution in [2.24, 2.45) is 0 Å². The second kappa shape index (κ2) is 16.8. The molecule has 1 N–H and O–H groups in total. The molecule has 5 heterocycles. The van der Waals surface area contributed by atoms with Crippen molar-refractivity contribution in [2.75, 3.05) is 51.2 Å². The Morgan fingerprint density at radius 1 is 0.926 bits per heavy atom. The highest BCUT2D eigenvalue weighted by Crippen LogP contribution is 2.29. The van der Waals surface area contributed by atoms with E-state index in [4.69, 9.17) is 14.6 Å². The molecule has 1 aromatic heterocycles. The average Bonchev–Trinajstić information content (AvgIpc) is 3.59. The van der Waals surface area contributed by atoms with Crippen molar-refractivity contribution < 1.29 is 23.9 Å². The minimum atomic E-state index is -1.18. The zero-order valence-corrected chi connectivity index (χ0v) is 33.7. The van der Waals surface area contributed by atoms with Crippen LogP contribution in [0.5, 0.6) is 0 Å². The molecule has 3 fully saturated rings. The molecule has 3 aromatic rings. The Morgan fingerprint density at radius 2 is 1.63 bits per heavy atom. The predicted molar refractivity (Wildman–Crippen MR) is 213 cm³/mol. The summed E-state index contributed by atoms with van der Waals surface area (Å²) >= 11 is 0. The SMILES string of the molecule is Cc1cc(C[C@@H](OC(=O)N2CCC(N3Cc4ccccc4NC3=O)CC2)C(=O)N2CCC(N3CCCCC3)CC2)cc2cn(COCC[Si](C)(C)C)nc12. The number of anilines is 1. The number of amides is 4. The van der Waals surface area contributed by atoms with Crippen LogP contribution < -0.4 is 5.32 Å². The summed E-state index contributed by atoms with van der Waals surface area (Å²) in [5, 5.41) is 8.78. The molecule has 0 bridgehead atoms. The molecule has 4 amide bonds. The average molecular weight is 758 g/mol. The van der Waals surface area contributed by atoms with Crippen molar-refractivity contribution in [3.63, 3.8) is 0 Å². The zero-order valence-electron chi connectivity index (χ0n) is 32.7. The molecule has 0 radical (unpaired) electrons. The molecule has 13 heteroatoms. The number of para-hydroxylation sites is 1. The van der Waals surface area contributed by atoms with Crippen LogP contribution in [0.1, 0.15) is 61.6 Å². The molecule has 3 saturated heterocycles. The Labute approximate surface area is 321 Å². The number of aromatic nitrogens is 2. The number of rotatable bonds is 11. The van der Waals surface area contributed by atoms with E-state index < -0.39 is 20.3 Å². The first kappa shape index (κ1) is 38.3. The minimum absolute atomic E-state index is 0.0161. The van der Waals surface area contributed by atoms with Gasteiger partial charge in [0.2, 0.25) is 0 Å². The van der Waals surface area contributed by atoms with Gasteiger partial charge in [0.05, 0.1) is 5.52 Å². The number of fused-ring (bicyclic) bond motifs is 2. The fourth-order valence-electron chi connectivity index (χ4n) is 8.56. The van der Waals surface area contributed by atoms with E-state index in [-0.39, 0.29) is 24.4 Å². The Kier molecular flexibility index (Phi) is 11.9. The van der Waals surface area contributed by atoms with Gasteiger partial charge in [0.25, 0.3) is 5.91 Å². The summed E-state index contributed by atoms with van der Waals surface area (Å²) in [6, 6.07) is 13.5. The van der Waals surface area contributed by atoms with Gasteiger partial charge in [-0.25, -0.2) is 14.3 Å². The molecule has 4 aliphatic heterocycles. The van der Waals surface area contributed by atoms with E-state index in [0.717, 1.165) is 71.9 Å². The summed E-state index contributed by atoms with van der Waals surface area (Å²) < 4.78 is 14.0. The number of aryl methyl sites for hydroxylation is 1. The number of urea groups is 1. The van der Waals surface area contributed by atoms with Crippen LogP contribution in [0, 0.1) is 6.92 Å². The summed E-state index contributed by atoms with van der Waals surface area (Å²) in [6.45, 7) is 15.3. The van der Waals surface area contributed by atoms with E-state index in [9.17, 15) is 14.4 Å². The highest BCUT2D eigenvalue weighted by atomic mass is 28.3. The lowest BCUT2D eigenvalue weighted by Gasteiger charge is -2.41. The highest BCUT2D eigenvalue weighted by Gasteiger charge is 2.37. The van der Waals surface area contributed by atoms with E-state index in [1.165, 1.54) is 19.3 Å². The van der Waals surface area contributed by atoms with Crippen molar-refractivity contribution in [2.45, 2.75) is 115 Å². The minimum Gasteiger partial charge on any atom is -0.436 e. The standard InChI is InChI=1S/C41H59N7O5Si/c1-30-24-31(25-33-27-47(43-38(30)33)29-52-22-23-54(2,3)4)26-37(39(49)45-18-12-34(13-19-45)44-16-8-5-9-17-44)53-41(51)46-20-14-35(15-21-46)48-28-32-10-6-7-11-36(32)42-40(48)50/h6-7,10-11,24-25,27,34-35,37H,5,8-9,12-23,26,28-29H2,1-4H3,(H,42,50)/t37-/m1/s1. The third kappa shape index (κ3) is 9.28. The van der Waals surface area contributed by atoms with Gasteiger partial charge < -0.3 is 34.4 Å². The van der Waals surface area contributed by atoms with E-state index in [1.54, 1.807) is 4.90 Å². The molecule has 0 aliphatic carbocycles. The Hall–Kier alpha value is -3.94. The van der Waals surface area contributed by atoms with E-state index >= 15 is 0 Å². The van der Waals surface area contributed by atoms with Crippen LogP contribution >= 0.6 is 0 Å². The number of benzene rings is 2. The number of likely N-dealkylation sites (tertiary alicyclic amines) is 3. The number of carbonyl (C=O) groups excluding carboxylic acids is 3. The van der Waals surface area contributed by atoms with Gasteiger partial charge in [-0.3, -0.25) is 4.79 Å². The lowest BCUT2D eigenvalue weighted by Crippen LogP contribution is -2.53. The molecule has 0 saturated carbocycles. The highest BCUT2D eigenvalue weighted by molar-refractivity contribution is 6.76. The fraction of sp³-hybridized carbons (Fsp3) is 0.610. The Morgan fingerprint density at radius 3 is 2.37 bits per heavy atom. The molecule has 292 valence electrons. The van der Waals surface area contributed by atoms with Crippen LogP contribution in [0.25, 0.3) is 10.9 Å². The van der Waals surface area contributed by atoms with Crippen molar-refractivity contribution >= 4 is 42.7 Å². The lowest BCUT2D eigenvalue weighted by molar-refractivity contribution is -0.142. The normalized spacial score (nSPS) is 19.9. The second-order valence-corrected chi connectivity index (χ2v) is 22.7. The maximum atomic E-state index is 14.3. The van der Waals surface area contributed by atoms with Crippen molar-refractivity contribution in [1.29, 1.82) is 0 Å². The van der Waals surface area contributed by atoms with Gasteiger partial charge in [-0.05, 0) is 93.4 Å². The fourth-order valence-corrected chi connectivity index (χ4v) is 9.32. The summed E-state index contributed by atoms with van der Waals surface area (Å²) in [6.07, 6.45) is 7.87. The van der Waals surface area contributed by atoms with Crippen LogP contribution in [-0.4, -0.2) is 120 Å². The lowest BCUT2D eigenvalue weighted by atomic mass is 9.98. The molecule has 7 rings (SSSR count). The number of nitrogens with zero attached hydrogens (tertiary/aromatic N) is 6. The van der Waals surface area contributed by atoms with Crippen molar-refractivity contribution in [1.82, 2.24) is 29.4 Å². The summed E-state index contributed by atoms with van der Waals surface area (Å²) in [7, 11) is -1.18. The van der Waals surface area contributed by atoms with Crippen molar-refractivity contribution in [3.05, 3.63) is 59.3 Å². The monoisotopic (exact) mass is 757 g/mol. The molecule has 0 unspecified atom stereocenters. The number of nitrogens with one attached hydrogen (secondary N) is 1. The van der Waals surface area contributed by atoms with Crippen LogP contribution in [0.2, 0.25) is 25.7 Å². The molecule has 12 nitrogen and oxygen atoms in total. The maximum absolute atomic E-state index is 14.3. The van der Waals surface area contributed by atoms with Gasteiger partial charge in [0.15, 0.2) is 6.10 Å². The van der Waals surface area contributed by atoms with Gasteiger partial charge in [-0.2, -0.15) is 5.10 Å². The van der Waals surface area contributed by atoms with Crippen LogP contribution in [0.15, 0.2) is 42.6 Å². The van der Waals surface area contributed by atoms with Gasteiger partial charge in [-0.1, -0.05) is 50.3 Å². The Balaban J connectivity index is 1.02. The second-order valence-electron chi connectivity index (χ2n) is 17.0. The predicted octanol–water partition coefficient (Wildman–Crippen LogP) is 6.69. The third-order valence-electron chi connectivity index (χ3n) is 11.8. The number of hydrogen-bond acceptors (Lipinski definition) is 7. The zero-order chi connectivity index (χ0) is 37.8. The first-order valence-electron chi connectivity index (χ1n) is 20.2. The quantitative estimate of drug-likeness (QED) is 0.171. The van der Waals surface area contributed by atoms with Crippen LogP contribution in [-0.2, 0) is 34.0 Å².